The van der Waals surface area contributed by atoms with Gasteiger partial charge < -0.3 is 19.3 Å². The van der Waals surface area contributed by atoms with Crippen molar-refractivity contribution in [2.24, 2.45) is 0 Å². The van der Waals surface area contributed by atoms with E-state index in [1.165, 1.54) is 24.3 Å². The Morgan fingerprint density at radius 1 is 0.882 bits per heavy atom. The van der Waals surface area contributed by atoms with Crippen molar-refractivity contribution in [1.82, 2.24) is 4.90 Å². The standard InChI is InChI=1S/C26H29N3O5/c1-27(2)22-10-5-20(6-11-22)18-28(26(30)21-8-12-23(13-9-21)29(31)32)16-15-19-7-14-24(33-3)25(17-19)34-4/h5-14,17H,15-16,18H2,1-4H3. The molecule has 8 heteroatoms. The summed E-state index contributed by atoms with van der Waals surface area (Å²) in [6, 6.07) is 19.4. The van der Waals surface area contributed by atoms with Crippen LogP contribution in [0.4, 0.5) is 11.4 Å². The van der Waals surface area contributed by atoms with E-state index < -0.39 is 4.92 Å². The molecule has 3 aromatic rings. The van der Waals surface area contributed by atoms with E-state index in [9.17, 15) is 14.9 Å². The first-order chi connectivity index (χ1) is 16.3. The van der Waals surface area contributed by atoms with Gasteiger partial charge in [-0.05, 0) is 53.9 Å². The van der Waals surface area contributed by atoms with Crippen LogP contribution in [0.2, 0.25) is 0 Å². The molecule has 0 unspecified atom stereocenters. The van der Waals surface area contributed by atoms with Crippen molar-refractivity contribution < 1.29 is 19.2 Å². The van der Waals surface area contributed by atoms with E-state index in [2.05, 4.69) is 0 Å². The molecular weight excluding hydrogens is 434 g/mol. The number of rotatable bonds is 10. The fourth-order valence-corrected chi connectivity index (χ4v) is 3.58. The summed E-state index contributed by atoms with van der Waals surface area (Å²) in [5, 5.41) is 11.0. The quantitative estimate of drug-likeness (QED) is 0.324. The van der Waals surface area contributed by atoms with Crippen molar-refractivity contribution in [3.8, 4) is 11.5 Å². The van der Waals surface area contributed by atoms with Crippen molar-refractivity contribution in [2.75, 3.05) is 39.8 Å². The average molecular weight is 464 g/mol. The first kappa shape index (κ1) is 24.6. The highest BCUT2D eigenvalue weighted by atomic mass is 16.6. The van der Waals surface area contributed by atoms with Gasteiger partial charge in [0.2, 0.25) is 0 Å². The lowest BCUT2D eigenvalue weighted by Crippen LogP contribution is -2.32. The predicted molar refractivity (Wildman–Crippen MR) is 132 cm³/mol. The van der Waals surface area contributed by atoms with Crippen molar-refractivity contribution in [3.63, 3.8) is 0 Å². The minimum absolute atomic E-state index is 0.0484. The zero-order valence-electron chi connectivity index (χ0n) is 19.9. The summed E-state index contributed by atoms with van der Waals surface area (Å²) in [5.41, 5.74) is 3.42. The number of carbonyl (C=O) groups excluding carboxylic acids is 1. The molecule has 3 aromatic carbocycles. The Hall–Kier alpha value is -4.07. The summed E-state index contributed by atoms with van der Waals surface area (Å²) in [4.78, 5) is 27.6. The first-order valence-electron chi connectivity index (χ1n) is 10.8. The highest BCUT2D eigenvalue weighted by molar-refractivity contribution is 5.94. The lowest BCUT2D eigenvalue weighted by atomic mass is 10.1. The molecule has 0 N–H and O–H groups in total. The summed E-state index contributed by atoms with van der Waals surface area (Å²) in [6.07, 6.45) is 0.606. The first-order valence-corrected chi connectivity index (χ1v) is 10.8. The molecule has 34 heavy (non-hydrogen) atoms. The number of benzene rings is 3. The SMILES string of the molecule is COc1ccc(CCN(Cc2ccc(N(C)C)cc2)C(=O)c2ccc([N+](=O)[O-])cc2)cc1OC. The third-order valence-corrected chi connectivity index (χ3v) is 5.56. The van der Waals surface area contributed by atoms with E-state index in [0.29, 0.717) is 36.6 Å². The Morgan fingerprint density at radius 2 is 1.50 bits per heavy atom. The number of hydrogen-bond acceptors (Lipinski definition) is 6. The number of carbonyl (C=O) groups is 1. The van der Waals surface area contributed by atoms with Crippen LogP contribution in [0.15, 0.2) is 66.7 Å². The van der Waals surface area contributed by atoms with E-state index in [1.54, 1.807) is 19.1 Å². The Kier molecular flexibility index (Phi) is 8.08. The van der Waals surface area contributed by atoms with Gasteiger partial charge in [0.15, 0.2) is 11.5 Å². The second-order valence-electron chi connectivity index (χ2n) is 8.03. The van der Waals surface area contributed by atoms with Gasteiger partial charge in [-0.1, -0.05) is 18.2 Å². The molecule has 0 atom stereocenters. The van der Waals surface area contributed by atoms with Gasteiger partial charge in [-0.2, -0.15) is 0 Å². The third-order valence-electron chi connectivity index (χ3n) is 5.56. The van der Waals surface area contributed by atoms with Crippen LogP contribution in [0.3, 0.4) is 0 Å². The maximum absolute atomic E-state index is 13.4. The number of methoxy groups -OCH3 is 2. The molecule has 0 bridgehead atoms. The van der Waals surface area contributed by atoms with E-state index >= 15 is 0 Å². The Balaban J connectivity index is 1.83. The smallest absolute Gasteiger partial charge is 0.269 e. The largest absolute Gasteiger partial charge is 0.493 e. The zero-order chi connectivity index (χ0) is 24.7. The van der Waals surface area contributed by atoms with Gasteiger partial charge >= 0.3 is 0 Å². The van der Waals surface area contributed by atoms with Crippen LogP contribution >= 0.6 is 0 Å². The molecule has 0 aliphatic carbocycles. The van der Waals surface area contributed by atoms with Gasteiger partial charge in [0, 0.05) is 50.6 Å². The normalized spacial score (nSPS) is 10.5. The number of hydrogen-bond donors (Lipinski definition) is 0. The number of ether oxygens (including phenoxy) is 2. The maximum atomic E-state index is 13.4. The number of nitro benzene ring substituents is 1. The van der Waals surface area contributed by atoms with Crippen molar-refractivity contribution in [1.29, 1.82) is 0 Å². The molecule has 0 aliphatic rings. The van der Waals surface area contributed by atoms with Gasteiger partial charge in [0.05, 0.1) is 19.1 Å². The molecular formula is C26H29N3O5. The van der Waals surface area contributed by atoms with Crippen molar-refractivity contribution in [2.45, 2.75) is 13.0 Å². The van der Waals surface area contributed by atoms with Crippen LogP contribution in [0.25, 0.3) is 0 Å². The second-order valence-corrected chi connectivity index (χ2v) is 8.03. The number of non-ortho nitro benzene ring substituents is 1. The number of nitro groups is 1. The molecule has 1 amide bonds. The topological polar surface area (TPSA) is 85.2 Å². The van der Waals surface area contributed by atoms with Gasteiger partial charge in [-0.25, -0.2) is 0 Å². The second kappa shape index (κ2) is 11.2. The highest BCUT2D eigenvalue weighted by Crippen LogP contribution is 2.28. The molecule has 0 aromatic heterocycles. The van der Waals surface area contributed by atoms with Crippen LogP contribution in [0.1, 0.15) is 21.5 Å². The molecule has 8 nitrogen and oxygen atoms in total. The van der Waals surface area contributed by atoms with E-state index in [0.717, 1.165) is 16.8 Å². The van der Waals surface area contributed by atoms with Gasteiger partial charge in [0.1, 0.15) is 0 Å². The van der Waals surface area contributed by atoms with Crippen molar-refractivity contribution >= 4 is 17.3 Å². The van der Waals surface area contributed by atoms with Gasteiger partial charge in [0.25, 0.3) is 11.6 Å². The fraction of sp³-hybridized carbons (Fsp3) is 0.269. The minimum Gasteiger partial charge on any atom is -0.493 e. The van der Waals surface area contributed by atoms with Crippen LogP contribution in [-0.2, 0) is 13.0 Å². The summed E-state index contributed by atoms with van der Waals surface area (Å²) in [7, 11) is 7.12. The molecule has 178 valence electrons. The molecule has 0 saturated heterocycles. The molecule has 0 spiro atoms. The summed E-state index contributed by atoms with van der Waals surface area (Å²) >= 11 is 0. The molecule has 0 radical (unpaired) electrons. The predicted octanol–water partition coefficient (Wildman–Crippen LogP) is 4.56. The van der Waals surface area contributed by atoms with E-state index in [4.69, 9.17) is 9.47 Å². The lowest BCUT2D eigenvalue weighted by Gasteiger charge is -2.24. The van der Waals surface area contributed by atoms with Gasteiger partial charge in [-0.15, -0.1) is 0 Å². The Morgan fingerprint density at radius 3 is 2.06 bits per heavy atom. The van der Waals surface area contributed by atoms with E-state index in [-0.39, 0.29) is 11.6 Å². The lowest BCUT2D eigenvalue weighted by molar-refractivity contribution is -0.384. The average Bonchev–Trinajstić information content (AvgIpc) is 2.86. The number of nitrogens with zero attached hydrogens (tertiary/aromatic N) is 3. The highest BCUT2D eigenvalue weighted by Gasteiger charge is 2.18. The Labute approximate surface area is 199 Å². The van der Waals surface area contributed by atoms with E-state index in [1.807, 2.05) is 61.5 Å². The molecule has 0 aliphatic heterocycles. The number of amides is 1. The summed E-state index contributed by atoms with van der Waals surface area (Å²) in [6.45, 7) is 0.873. The van der Waals surface area contributed by atoms with Crippen LogP contribution in [0.5, 0.6) is 11.5 Å². The molecule has 0 saturated carbocycles. The number of anilines is 1. The van der Waals surface area contributed by atoms with Crippen LogP contribution < -0.4 is 14.4 Å². The molecule has 0 heterocycles. The maximum Gasteiger partial charge on any atom is 0.269 e. The molecule has 3 rings (SSSR count). The minimum atomic E-state index is -0.477. The van der Waals surface area contributed by atoms with Crippen molar-refractivity contribution in [3.05, 3.63) is 93.5 Å². The molecule has 0 fully saturated rings. The van der Waals surface area contributed by atoms with Gasteiger partial charge in [-0.3, -0.25) is 14.9 Å². The monoisotopic (exact) mass is 463 g/mol. The van der Waals surface area contributed by atoms with Crippen LogP contribution in [0, 0.1) is 10.1 Å². The summed E-state index contributed by atoms with van der Waals surface area (Å²) in [5.74, 6) is 1.09. The Bertz CT molecular complexity index is 1130. The zero-order valence-corrected chi connectivity index (χ0v) is 19.9. The third kappa shape index (κ3) is 6.04. The summed E-state index contributed by atoms with van der Waals surface area (Å²) < 4.78 is 10.7. The van der Waals surface area contributed by atoms with Crippen LogP contribution in [-0.4, -0.2) is 50.6 Å². The fourth-order valence-electron chi connectivity index (χ4n) is 3.58.